The Hall–Kier alpha value is -3.69. The number of halogens is 1. The number of nitrogens with zero attached hydrogens (tertiary/aromatic N) is 3. The zero-order valence-corrected chi connectivity index (χ0v) is 20.7. The quantitative estimate of drug-likeness (QED) is 0.521. The number of carbonyl (C=O) groups is 1. The van der Waals surface area contributed by atoms with Crippen molar-refractivity contribution in [1.29, 1.82) is 0 Å². The first-order valence-corrected chi connectivity index (χ1v) is 12.0. The monoisotopic (exact) mass is 491 g/mol. The van der Waals surface area contributed by atoms with E-state index in [-0.39, 0.29) is 5.91 Å². The van der Waals surface area contributed by atoms with Gasteiger partial charge in [0, 0.05) is 26.2 Å². The van der Waals surface area contributed by atoms with Gasteiger partial charge in [-0.1, -0.05) is 12.1 Å². The third kappa shape index (κ3) is 4.59. The van der Waals surface area contributed by atoms with Gasteiger partial charge in [-0.25, -0.2) is 9.37 Å². The maximum Gasteiger partial charge on any atom is 0.254 e. The van der Waals surface area contributed by atoms with E-state index in [4.69, 9.17) is 14.5 Å². The summed E-state index contributed by atoms with van der Waals surface area (Å²) in [5.74, 6) is 0.460. The van der Waals surface area contributed by atoms with Crippen molar-refractivity contribution in [2.45, 2.75) is 13.1 Å². The molecule has 2 N–H and O–H groups in total. The van der Waals surface area contributed by atoms with Crippen molar-refractivity contribution >= 4 is 23.1 Å². The number of anilines is 3. The van der Waals surface area contributed by atoms with Crippen LogP contribution in [0.1, 0.15) is 21.6 Å². The van der Waals surface area contributed by atoms with Crippen LogP contribution in [0.15, 0.2) is 42.5 Å². The van der Waals surface area contributed by atoms with Gasteiger partial charge in [0.1, 0.15) is 17.4 Å². The molecule has 188 valence electrons. The van der Waals surface area contributed by atoms with Gasteiger partial charge in [0.15, 0.2) is 0 Å². The molecule has 1 amide bonds. The molecule has 36 heavy (non-hydrogen) atoms. The highest BCUT2D eigenvalue weighted by molar-refractivity contribution is 6.06. The number of amides is 1. The average molecular weight is 492 g/mol. The molecule has 2 aliphatic heterocycles. The van der Waals surface area contributed by atoms with Crippen LogP contribution in [0.5, 0.6) is 5.75 Å². The Morgan fingerprint density at radius 1 is 1.14 bits per heavy atom. The molecule has 0 saturated carbocycles. The summed E-state index contributed by atoms with van der Waals surface area (Å²) in [4.78, 5) is 22.1. The van der Waals surface area contributed by atoms with Crippen LogP contribution in [-0.2, 0) is 17.8 Å². The second-order valence-electron chi connectivity index (χ2n) is 9.14. The summed E-state index contributed by atoms with van der Waals surface area (Å²) < 4.78 is 25.8. The lowest BCUT2D eigenvalue weighted by molar-refractivity contribution is 0.0966. The van der Waals surface area contributed by atoms with Crippen molar-refractivity contribution in [3.05, 3.63) is 65.1 Å². The number of hydrogen-bond donors (Lipinski definition) is 2. The highest BCUT2D eigenvalue weighted by Gasteiger charge is 2.28. The van der Waals surface area contributed by atoms with E-state index in [0.29, 0.717) is 60.2 Å². The van der Waals surface area contributed by atoms with Crippen LogP contribution in [0.2, 0.25) is 0 Å². The molecular formula is C27H30FN5O3. The van der Waals surface area contributed by atoms with Gasteiger partial charge in [-0.15, -0.1) is 0 Å². The van der Waals surface area contributed by atoms with Crippen molar-refractivity contribution in [2.24, 2.45) is 0 Å². The smallest absolute Gasteiger partial charge is 0.254 e. The highest BCUT2D eigenvalue weighted by Crippen LogP contribution is 2.40. The predicted molar refractivity (Wildman–Crippen MR) is 138 cm³/mol. The number of ether oxygens (including phenoxy) is 2. The summed E-state index contributed by atoms with van der Waals surface area (Å²) in [6, 6.07) is 12.3. The van der Waals surface area contributed by atoms with Gasteiger partial charge >= 0.3 is 0 Å². The van der Waals surface area contributed by atoms with Crippen molar-refractivity contribution in [3.8, 4) is 16.9 Å². The number of benzene rings is 2. The fourth-order valence-electron chi connectivity index (χ4n) is 4.83. The minimum atomic E-state index is -0.398. The molecule has 0 atom stereocenters. The number of nitrogens with one attached hydrogen (secondary N) is 2. The Morgan fingerprint density at radius 3 is 2.69 bits per heavy atom. The molecule has 0 spiro atoms. The van der Waals surface area contributed by atoms with E-state index in [9.17, 15) is 9.18 Å². The summed E-state index contributed by atoms with van der Waals surface area (Å²) in [7, 11) is 5.53. The number of rotatable bonds is 7. The summed E-state index contributed by atoms with van der Waals surface area (Å²) in [6.45, 7) is 4.02. The number of fused-ring (bicyclic) bond motifs is 1. The lowest BCUT2D eigenvalue weighted by atomic mass is 9.94. The fourth-order valence-corrected chi connectivity index (χ4v) is 4.83. The molecule has 3 aromatic rings. The molecular weight excluding hydrogens is 461 g/mol. The maximum atomic E-state index is 14.8. The molecule has 1 fully saturated rings. The Bertz CT molecular complexity index is 1290. The highest BCUT2D eigenvalue weighted by atomic mass is 19.1. The Morgan fingerprint density at radius 2 is 1.94 bits per heavy atom. The van der Waals surface area contributed by atoms with Crippen LogP contribution in [0.3, 0.4) is 0 Å². The van der Waals surface area contributed by atoms with E-state index in [2.05, 4.69) is 26.5 Å². The first-order valence-electron chi connectivity index (χ1n) is 12.0. The van der Waals surface area contributed by atoms with Crippen molar-refractivity contribution < 1.29 is 18.7 Å². The Labute approximate surface area is 210 Å². The summed E-state index contributed by atoms with van der Waals surface area (Å²) in [6.07, 6.45) is 0. The van der Waals surface area contributed by atoms with Crippen LogP contribution in [-0.4, -0.2) is 63.3 Å². The van der Waals surface area contributed by atoms with Gasteiger partial charge in [0.25, 0.3) is 5.91 Å². The van der Waals surface area contributed by atoms with Gasteiger partial charge in [0.2, 0.25) is 0 Å². The number of pyridine rings is 1. The summed E-state index contributed by atoms with van der Waals surface area (Å²) in [5, 5.41) is 6.22. The molecule has 9 heteroatoms. The average Bonchev–Trinajstić information content (AvgIpc) is 3.27. The molecule has 2 aliphatic rings. The first kappa shape index (κ1) is 24.0. The summed E-state index contributed by atoms with van der Waals surface area (Å²) >= 11 is 0. The SMILES string of the molecule is COc1cccc(F)c1-c1ccc(Nc2ccc(N3CCOCC3)c(CN(C)C)n2)c2c1CNC2=O. The summed E-state index contributed by atoms with van der Waals surface area (Å²) in [5.41, 5.74) is 4.86. The largest absolute Gasteiger partial charge is 0.496 e. The second kappa shape index (κ2) is 10.1. The molecule has 3 heterocycles. The molecule has 0 unspecified atom stereocenters. The number of hydrogen-bond acceptors (Lipinski definition) is 7. The number of carbonyl (C=O) groups excluding carboxylic acids is 1. The minimum Gasteiger partial charge on any atom is -0.496 e. The third-order valence-electron chi connectivity index (χ3n) is 6.46. The molecule has 2 aromatic carbocycles. The second-order valence-corrected chi connectivity index (χ2v) is 9.14. The van der Waals surface area contributed by atoms with Crippen molar-refractivity contribution in [2.75, 3.05) is 57.7 Å². The molecule has 0 bridgehead atoms. The number of morpholine rings is 1. The normalized spacial score (nSPS) is 15.1. The van der Waals surface area contributed by atoms with E-state index < -0.39 is 5.82 Å². The van der Waals surface area contributed by atoms with Gasteiger partial charge in [0.05, 0.1) is 48.5 Å². The minimum absolute atomic E-state index is 0.205. The van der Waals surface area contributed by atoms with Gasteiger partial charge in [-0.05, 0) is 55.6 Å². The first-order chi connectivity index (χ1) is 17.5. The van der Waals surface area contributed by atoms with E-state index in [0.717, 1.165) is 30.0 Å². The van der Waals surface area contributed by atoms with Gasteiger partial charge < -0.3 is 29.9 Å². The van der Waals surface area contributed by atoms with Gasteiger partial charge in [-0.2, -0.15) is 0 Å². The lowest BCUT2D eigenvalue weighted by Gasteiger charge is -2.31. The van der Waals surface area contributed by atoms with E-state index in [1.165, 1.54) is 13.2 Å². The number of aromatic nitrogens is 1. The van der Waals surface area contributed by atoms with Crippen LogP contribution in [0.4, 0.5) is 21.6 Å². The van der Waals surface area contributed by atoms with Crippen LogP contribution < -0.4 is 20.3 Å². The van der Waals surface area contributed by atoms with Crippen LogP contribution in [0.25, 0.3) is 11.1 Å². The molecule has 5 rings (SSSR count). The van der Waals surface area contributed by atoms with Crippen molar-refractivity contribution in [3.63, 3.8) is 0 Å². The standard InChI is InChI=1S/C27H30FN5O3/c1-32(2)16-21-22(33-11-13-36-14-12-33)9-10-24(31-21)30-20-8-7-17(18-15-29-27(34)26(18)20)25-19(28)5-4-6-23(25)35-3/h4-10H,11-16H2,1-3H3,(H,29,34)(H,30,31). The predicted octanol–water partition coefficient (Wildman–Crippen LogP) is 3.78. The zero-order valence-electron chi connectivity index (χ0n) is 20.7. The van der Waals surface area contributed by atoms with E-state index in [1.54, 1.807) is 18.2 Å². The lowest BCUT2D eigenvalue weighted by Crippen LogP contribution is -2.37. The number of methoxy groups -OCH3 is 1. The van der Waals surface area contributed by atoms with E-state index >= 15 is 0 Å². The van der Waals surface area contributed by atoms with Crippen LogP contribution in [0, 0.1) is 5.82 Å². The fraction of sp³-hybridized carbons (Fsp3) is 0.333. The Balaban J connectivity index is 1.52. The van der Waals surface area contributed by atoms with Crippen molar-refractivity contribution in [1.82, 2.24) is 15.2 Å². The van der Waals surface area contributed by atoms with E-state index in [1.807, 2.05) is 26.2 Å². The zero-order chi connectivity index (χ0) is 25.2. The third-order valence-corrected chi connectivity index (χ3v) is 6.46. The maximum absolute atomic E-state index is 14.8. The van der Waals surface area contributed by atoms with Crippen LogP contribution >= 0.6 is 0 Å². The molecule has 0 radical (unpaired) electrons. The Kier molecular flexibility index (Phi) is 6.75. The molecule has 0 aliphatic carbocycles. The molecule has 1 saturated heterocycles. The molecule has 1 aromatic heterocycles. The topological polar surface area (TPSA) is 79.0 Å². The molecule has 8 nitrogen and oxygen atoms in total. The van der Waals surface area contributed by atoms with Gasteiger partial charge in [-0.3, -0.25) is 4.79 Å².